The number of hydrogen-bond donors (Lipinski definition) is 3. The van der Waals surface area contributed by atoms with Crippen molar-refractivity contribution in [2.24, 2.45) is 0 Å². The highest BCUT2D eigenvalue weighted by atomic mass is 35.5. The van der Waals surface area contributed by atoms with E-state index in [1.165, 1.54) is 16.8 Å². The van der Waals surface area contributed by atoms with Gasteiger partial charge in [0.2, 0.25) is 0 Å². The van der Waals surface area contributed by atoms with E-state index in [1.807, 2.05) is 43.6 Å². The Morgan fingerprint density at radius 3 is 2.68 bits per heavy atom. The lowest BCUT2D eigenvalue weighted by Crippen LogP contribution is -2.46. The van der Waals surface area contributed by atoms with Crippen molar-refractivity contribution in [3.63, 3.8) is 0 Å². The largest absolute Gasteiger partial charge is 0.394 e. The first-order valence-electron chi connectivity index (χ1n) is 13.1. The molecule has 0 spiro atoms. The smallest absolute Gasteiger partial charge is 0.140 e. The number of aromatic amines is 1. The summed E-state index contributed by atoms with van der Waals surface area (Å²) in [5.41, 5.74) is 7.55. The van der Waals surface area contributed by atoms with Gasteiger partial charge in [0.25, 0.3) is 0 Å². The molecule has 2 heterocycles. The molecule has 1 aliphatic heterocycles. The highest BCUT2D eigenvalue weighted by Crippen LogP contribution is 2.28. The normalized spacial score (nSPS) is 16.2. The van der Waals surface area contributed by atoms with Crippen LogP contribution in [0.15, 0.2) is 67.0 Å². The van der Waals surface area contributed by atoms with Crippen LogP contribution in [0.4, 0.5) is 5.69 Å². The first-order chi connectivity index (χ1) is 17.9. The number of aryl methyl sites for hydroxylation is 1. The lowest BCUT2D eigenvalue weighted by Gasteiger charge is -2.35. The van der Waals surface area contributed by atoms with Crippen LogP contribution in [0.1, 0.15) is 36.7 Å². The maximum Gasteiger partial charge on any atom is 0.140 e. The zero-order valence-electron chi connectivity index (χ0n) is 22.4. The number of fused-ring (bicyclic) bond motifs is 1. The van der Waals surface area contributed by atoms with E-state index in [9.17, 15) is 0 Å². The van der Waals surface area contributed by atoms with Crippen LogP contribution in [0, 0.1) is 6.92 Å². The summed E-state index contributed by atoms with van der Waals surface area (Å²) < 4.78 is 0. The molecule has 37 heavy (non-hydrogen) atoms. The molecule has 4 rings (SSSR count). The van der Waals surface area contributed by atoms with Crippen LogP contribution < -0.4 is 15.5 Å². The quantitative estimate of drug-likeness (QED) is 0.301. The second-order valence-electron chi connectivity index (χ2n) is 9.66. The fraction of sp³-hybridized carbons (Fsp3) is 0.367. The number of allylic oxidation sites excluding steroid dienone is 3. The maximum absolute atomic E-state index is 6.22. The Balaban J connectivity index is 1.63. The SMILES string of the molecule is C=C/C(=C(\C=C/NC)NCC(C)c1cccc(Cl)c1)c1nc2c(C)cc(N3CCN(CC)CC3)cc2[nH]1. The summed E-state index contributed by atoms with van der Waals surface area (Å²) in [4.78, 5) is 13.6. The third kappa shape index (κ3) is 6.38. The van der Waals surface area contributed by atoms with Crippen molar-refractivity contribution < 1.29 is 0 Å². The van der Waals surface area contributed by atoms with E-state index < -0.39 is 0 Å². The molecule has 1 fully saturated rings. The van der Waals surface area contributed by atoms with Crippen LogP contribution >= 0.6 is 11.6 Å². The number of hydrogen-bond acceptors (Lipinski definition) is 5. The molecule has 196 valence electrons. The number of rotatable bonds is 10. The highest BCUT2D eigenvalue weighted by molar-refractivity contribution is 6.30. The van der Waals surface area contributed by atoms with Gasteiger partial charge in [0, 0.05) is 61.8 Å². The fourth-order valence-electron chi connectivity index (χ4n) is 4.84. The first kappa shape index (κ1) is 26.8. The Kier molecular flexibility index (Phi) is 8.95. The summed E-state index contributed by atoms with van der Waals surface area (Å²) in [6.45, 7) is 16.8. The predicted molar refractivity (Wildman–Crippen MR) is 158 cm³/mol. The van der Waals surface area contributed by atoms with E-state index in [0.717, 1.165) is 72.4 Å². The summed E-state index contributed by atoms with van der Waals surface area (Å²) >= 11 is 6.22. The number of nitrogens with one attached hydrogen (secondary N) is 3. The summed E-state index contributed by atoms with van der Waals surface area (Å²) in [5, 5.41) is 7.47. The van der Waals surface area contributed by atoms with Gasteiger partial charge in [0.15, 0.2) is 0 Å². The molecule has 0 saturated carbocycles. The first-order valence-corrected chi connectivity index (χ1v) is 13.5. The van der Waals surface area contributed by atoms with Crippen molar-refractivity contribution in [2.45, 2.75) is 26.7 Å². The Bertz CT molecular complexity index is 1280. The van der Waals surface area contributed by atoms with Gasteiger partial charge in [-0.1, -0.05) is 50.2 Å². The van der Waals surface area contributed by atoms with Gasteiger partial charge in [-0.25, -0.2) is 4.98 Å². The van der Waals surface area contributed by atoms with Crippen molar-refractivity contribution in [2.75, 3.05) is 51.2 Å². The van der Waals surface area contributed by atoms with Gasteiger partial charge in [0.05, 0.1) is 11.0 Å². The van der Waals surface area contributed by atoms with Crippen molar-refractivity contribution >= 4 is 33.9 Å². The molecule has 1 atom stereocenters. The number of benzene rings is 2. The second kappa shape index (κ2) is 12.3. The second-order valence-corrected chi connectivity index (χ2v) is 10.1. The number of halogens is 1. The van der Waals surface area contributed by atoms with Gasteiger partial charge >= 0.3 is 0 Å². The van der Waals surface area contributed by atoms with E-state index in [0.29, 0.717) is 0 Å². The van der Waals surface area contributed by atoms with Crippen LogP contribution in [0.5, 0.6) is 0 Å². The van der Waals surface area contributed by atoms with Gasteiger partial charge < -0.3 is 25.4 Å². The fourth-order valence-corrected chi connectivity index (χ4v) is 5.04. The molecule has 3 N–H and O–H groups in total. The minimum atomic E-state index is 0.274. The number of imidazole rings is 1. The zero-order valence-corrected chi connectivity index (χ0v) is 23.2. The summed E-state index contributed by atoms with van der Waals surface area (Å²) in [6.07, 6.45) is 5.81. The lowest BCUT2D eigenvalue weighted by atomic mass is 10.0. The molecule has 1 aromatic heterocycles. The van der Waals surface area contributed by atoms with Crippen molar-refractivity contribution in [1.29, 1.82) is 0 Å². The Morgan fingerprint density at radius 1 is 1.22 bits per heavy atom. The van der Waals surface area contributed by atoms with E-state index in [2.05, 4.69) is 71.0 Å². The molecule has 7 heteroatoms. The van der Waals surface area contributed by atoms with Crippen LogP contribution in [-0.2, 0) is 0 Å². The van der Waals surface area contributed by atoms with Gasteiger partial charge in [-0.05, 0) is 67.1 Å². The molecular formula is C30H39ClN6. The number of likely N-dealkylation sites (N-methyl/N-ethyl adjacent to an activating group) is 1. The zero-order chi connectivity index (χ0) is 26.4. The number of piperazine rings is 1. The van der Waals surface area contributed by atoms with Crippen LogP contribution in [0.2, 0.25) is 5.02 Å². The van der Waals surface area contributed by atoms with Crippen molar-refractivity contribution in [3.05, 3.63) is 89.0 Å². The predicted octanol–water partition coefficient (Wildman–Crippen LogP) is 5.69. The van der Waals surface area contributed by atoms with Crippen molar-refractivity contribution in [3.8, 4) is 0 Å². The highest BCUT2D eigenvalue weighted by Gasteiger charge is 2.19. The summed E-state index contributed by atoms with van der Waals surface area (Å²) in [5.74, 6) is 1.08. The molecular weight excluding hydrogens is 480 g/mol. The molecule has 0 radical (unpaired) electrons. The minimum absolute atomic E-state index is 0.274. The van der Waals surface area contributed by atoms with Crippen molar-refractivity contribution in [1.82, 2.24) is 25.5 Å². The minimum Gasteiger partial charge on any atom is -0.394 e. The molecule has 1 aliphatic rings. The maximum atomic E-state index is 6.22. The average Bonchev–Trinajstić information content (AvgIpc) is 3.34. The molecule has 0 bridgehead atoms. The summed E-state index contributed by atoms with van der Waals surface area (Å²) in [7, 11) is 1.89. The topological polar surface area (TPSA) is 59.2 Å². The van der Waals surface area contributed by atoms with E-state index >= 15 is 0 Å². The van der Waals surface area contributed by atoms with E-state index in [1.54, 1.807) is 0 Å². The molecule has 2 aromatic carbocycles. The van der Waals surface area contributed by atoms with E-state index in [4.69, 9.17) is 16.6 Å². The van der Waals surface area contributed by atoms with Crippen LogP contribution in [-0.4, -0.2) is 61.2 Å². The number of H-pyrrole nitrogens is 1. The molecule has 1 saturated heterocycles. The van der Waals surface area contributed by atoms with Gasteiger partial charge in [-0.15, -0.1) is 0 Å². The molecule has 1 unspecified atom stereocenters. The Hall–Kier alpha value is -3.22. The average molecular weight is 519 g/mol. The lowest BCUT2D eigenvalue weighted by molar-refractivity contribution is 0.271. The standard InChI is InChI=1S/C30H39ClN6/c1-6-26(27(11-12-32-5)33-20-22(4)23-9-8-10-24(31)18-23)30-34-28-19-25(17-21(3)29(28)35-30)37-15-13-36(7-2)14-16-37/h6,8-12,17-19,22,32-33H,1,7,13-16,20H2,2-5H3,(H,34,35)/b12-11-,27-26-. The summed E-state index contributed by atoms with van der Waals surface area (Å²) in [6, 6.07) is 12.5. The number of aromatic nitrogens is 2. The monoisotopic (exact) mass is 518 g/mol. The number of nitrogens with zero attached hydrogens (tertiary/aromatic N) is 3. The molecule has 0 amide bonds. The van der Waals surface area contributed by atoms with Gasteiger partial charge in [0.1, 0.15) is 5.82 Å². The van der Waals surface area contributed by atoms with Crippen LogP contribution in [0.25, 0.3) is 16.6 Å². The third-order valence-electron chi connectivity index (χ3n) is 7.13. The number of anilines is 1. The van der Waals surface area contributed by atoms with Gasteiger partial charge in [-0.3, -0.25) is 0 Å². The van der Waals surface area contributed by atoms with E-state index in [-0.39, 0.29) is 5.92 Å². The Labute approximate surface area is 226 Å². The Morgan fingerprint density at radius 2 is 2.00 bits per heavy atom. The van der Waals surface area contributed by atoms with Crippen LogP contribution in [0.3, 0.4) is 0 Å². The van der Waals surface area contributed by atoms with Gasteiger partial charge in [-0.2, -0.15) is 0 Å². The molecule has 3 aromatic rings. The molecule has 6 nitrogen and oxygen atoms in total. The third-order valence-corrected chi connectivity index (χ3v) is 7.36. The molecule has 0 aliphatic carbocycles.